The van der Waals surface area contributed by atoms with Gasteiger partial charge in [-0.05, 0) is 70.0 Å². The lowest BCUT2D eigenvalue weighted by Gasteiger charge is -2.39. The third kappa shape index (κ3) is 2.21. The summed E-state index contributed by atoms with van der Waals surface area (Å²) in [5.74, 6) is 0.447. The summed E-state index contributed by atoms with van der Waals surface area (Å²) in [4.78, 5) is 0. The molecule has 2 aliphatic rings. The van der Waals surface area contributed by atoms with Crippen molar-refractivity contribution < 1.29 is 0 Å². The zero-order chi connectivity index (χ0) is 19.3. The van der Waals surface area contributed by atoms with E-state index in [4.69, 9.17) is 11.5 Å². The molecule has 5 rings (SSSR count). The SMILES string of the molecule is CC1CC=CC2=C1C(c1ccc(N)cc1)(c1ccc(N)cc1)c1ccccc12. The summed E-state index contributed by atoms with van der Waals surface area (Å²) in [6, 6.07) is 25.6. The summed E-state index contributed by atoms with van der Waals surface area (Å²) in [7, 11) is 0. The maximum atomic E-state index is 6.04. The fraction of sp³-hybridized carbons (Fsp3) is 0.154. The second kappa shape index (κ2) is 6.13. The van der Waals surface area contributed by atoms with E-state index >= 15 is 0 Å². The predicted octanol–water partition coefficient (Wildman–Crippen LogP) is 5.55. The van der Waals surface area contributed by atoms with Crippen LogP contribution in [0.25, 0.3) is 5.57 Å². The van der Waals surface area contributed by atoms with Gasteiger partial charge in [0.05, 0.1) is 5.41 Å². The van der Waals surface area contributed by atoms with E-state index in [0.717, 1.165) is 17.8 Å². The highest BCUT2D eigenvalue weighted by Gasteiger charge is 2.49. The zero-order valence-corrected chi connectivity index (χ0v) is 16.0. The number of allylic oxidation sites excluding steroid dienone is 4. The van der Waals surface area contributed by atoms with E-state index in [1.54, 1.807) is 0 Å². The van der Waals surface area contributed by atoms with E-state index in [0.29, 0.717) is 5.92 Å². The Balaban J connectivity index is 1.93. The second-order valence-corrected chi connectivity index (χ2v) is 7.91. The molecule has 0 bridgehead atoms. The lowest BCUT2D eigenvalue weighted by molar-refractivity contribution is 0.583. The Bertz CT molecular complexity index is 1060. The van der Waals surface area contributed by atoms with Gasteiger partial charge in [0, 0.05) is 11.4 Å². The fourth-order valence-electron chi connectivity index (χ4n) is 5.11. The van der Waals surface area contributed by atoms with Crippen LogP contribution in [-0.2, 0) is 5.41 Å². The van der Waals surface area contributed by atoms with Gasteiger partial charge in [0.15, 0.2) is 0 Å². The van der Waals surface area contributed by atoms with Gasteiger partial charge in [-0.1, -0.05) is 67.6 Å². The first-order valence-electron chi connectivity index (χ1n) is 9.85. The first kappa shape index (κ1) is 16.9. The standard InChI is InChI=1S/C26H24N2/c1-17-5-4-7-23-22-6-2-3-8-24(22)26(25(17)23,18-9-13-20(27)14-10-18)19-11-15-21(28)16-12-19/h2-4,6-17H,5,27-28H2,1H3. The Morgan fingerprint density at radius 1 is 0.786 bits per heavy atom. The molecule has 2 aliphatic carbocycles. The van der Waals surface area contributed by atoms with Crippen LogP contribution in [0.4, 0.5) is 11.4 Å². The minimum absolute atomic E-state index is 0.322. The van der Waals surface area contributed by atoms with E-state index in [2.05, 4.69) is 67.6 Å². The summed E-state index contributed by atoms with van der Waals surface area (Å²) in [5, 5.41) is 0. The number of rotatable bonds is 2. The van der Waals surface area contributed by atoms with Gasteiger partial charge in [0.25, 0.3) is 0 Å². The van der Waals surface area contributed by atoms with Gasteiger partial charge in [-0.15, -0.1) is 0 Å². The summed E-state index contributed by atoms with van der Waals surface area (Å²) in [6.07, 6.45) is 5.67. The van der Waals surface area contributed by atoms with E-state index in [1.807, 2.05) is 24.3 Å². The van der Waals surface area contributed by atoms with Crippen molar-refractivity contribution in [3.63, 3.8) is 0 Å². The van der Waals surface area contributed by atoms with Crippen LogP contribution in [0.15, 0.2) is 90.5 Å². The van der Waals surface area contributed by atoms with Gasteiger partial charge in [-0.25, -0.2) is 0 Å². The van der Waals surface area contributed by atoms with E-state index in [1.165, 1.54) is 33.4 Å². The average molecular weight is 364 g/mol. The number of anilines is 2. The van der Waals surface area contributed by atoms with Crippen LogP contribution in [0, 0.1) is 5.92 Å². The maximum absolute atomic E-state index is 6.04. The Labute approximate surface area is 166 Å². The molecule has 0 radical (unpaired) electrons. The van der Waals surface area contributed by atoms with Crippen LogP contribution in [0.2, 0.25) is 0 Å². The smallest absolute Gasteiger partial charge is 0.0679 e. The topological polar surface area (TPSA) is 52.0 Å². The average Bonchev–Trinajstić information content (AvgIpc) is 3.02. The molecule has 0 aliphatic heterocycles. The second-order valence-electron chi connectivity index (χ2n) is 7.91. The van der Waals surface area contributed by atoms with Crippen LogP contribution in [0.1, 0.15) is 35.6 Å². The van der Waals surface area contributed by atoms with E-state index in [-0.39, 0.29) is 5.41 Å². The number of hydrogen-bond acceptors (Lipinski definition) is 2. The summed E-state index contributed by atoms with van der Waals surface area (Å²) < 4.78 is 0. The van der Waals surface area contributed by atoms with Crippen LogP contribution < -0.4 is 11.5 Å². The molecule has 1 unspecified atom stereocenters. The first-order chi connectivity index (χ1) is 13.6. The summed E-state index contributed by atoms with van der Waals surface area (Å²) in [5.41, 5.74) is 21.4. The molecule has 2 nitrogen and oxygen atoms in total. The molecule has 0 saturated carbocycles. The van der Waals surface area contributed by atoms with Crippen LogP contribution in [-0.4, -0.2) is 0 Å². The summed E-state index contributed by atoms with van der Waals surface area (Å²) >= 11 is 0. The van der Waals surface area contributed by atoms with E-state index < -0.39 is 0 Å². The Morgan fingerprint density at radius 2 is 1.36 bits per heavy atom. The molecule has 0 aromatic heterocycles. The molecule has 0 spiro atoms. The van der Waals surface area contributed by atoms with Crippen molar-refractivity contribution in [1.82, 2.24) is 0 Å². The molecule has 0 heterocycles. The molecule has 0 saturated heterocycles. The number of nitrogen functional groups attached to an aromatic ring is 2. The first-order valence-corrected chi connectivity index (χ1v) is 9.85. The van der Waals surface area contributed by atoms with Gasteiger partial charge >= 0.3 is 0 Å². The Hall–Kier alpha value is -3.26. The minimum atomic E-state index is -0.322. The van der Waals surface area contributed by atoms with Crippen molar-refractivity contribution in [1.29, 1.82) is 0 Å². The van der Waals surface area contributed by atoms with Crippen molar-refractivity contribution in [2.24, 2.45) is 5.92 Å². The fourth-order valence-corrected chi connectivity index (χ4v) is 5.11. The molecule has 4 N–H and O–H groups in total. The van der Waals surface area contributed by atoms with Crippen molar-refractivity contribution in [2.45, 2.75) is 18.8 Å². The van der Waals surface area contributed by atoms with Crippen molar-refractivity contribution in [2.75, 3.05) is 11.5 Å². The Kier molecular flexibility index (Phi) is 3.70. The molecule has 1 atom stereocenters. The van der Waals surface area contributed by atoms with Gasteiger partial charge < -0.3 is 11.5 Å². The molecule has 28 heavy (non-hydrogen) atoms. The number of fused-ring (bicyclic) bond motifs is 2. The highest BCUT2D eigenvalue weighted by atomic mass is 14.6. The van der Waals surface area contributed by atoms with Crippen molar-refractivity contribution in [3.8, 4) is 0 Å². The Morgan fingerprint density at radius 3 is 1.96 bits per heavy atom. The number of benzene rings is 3. The zero-order valence-electron chi connectivity index (χ0n) is 16.0. The highest BCUT2D eigenvalue weighted by molar-refractivity contribution is 5.91. The molecule has 3 aromatic rings. The maximum Gasteiger partial charge on any atom is 0.0679 e. The normalized spacial score (nSPS) is 19.4. The minimum Gasteiger partial charge on any atom is -0.399 e. The molecular weight excluding hydrogens is 340 g/mol. The molecule has 138 valence electrons. The largest absolute Gasteiger partial charge is 0.399 e. The monoisotopic (exact) mass is 364 g/mol. The third-order valence-corrected chi connectivity index (χ3v) is 6.27. The third-order valence-electron chi connectivity index (χ3n) is 6.27. The van der Waals surface area contributed by atoms with Gasteiger partial charge in [0.2, 0.25) is 0 Å². The van der Waals surface area contributed by atoms with Crippen LogP contribution >= 0.6 is 0 Å². The summed E-state index contributed by atoms with van der Waals surface area (Å²) in [6.45, 7) is 2.34. The lowest BCUT2D eigenvalue weighted by Crippen LogP contribution is -2.33. The molecule has 2 heteroatoms. The van der Waals surface area contributed by atoms with Gasteiger partial charge in [-0.2, -0.15) is 0 Å². The number of nitrogens with two attached hydrogens (primary N) is 2. The predicted molar refractivity (Wildman–Crippen MR) is 118 cm³/mol. The lowest BCUT2D eigenvalue weighted by atomic mass is 9.63. The molecular formula is C26H24N2. The van der Waals surface area contributed by atoms with E-state index in [9.17, 15) is 0 Å². The molecule has 3 aromatic carbocycles. The molecule has 0 fully saturated rings. The van der Waals surface area contributed by atoms with Crippen LogP contribution in [0.5, 0.6) is 0 Å². The number of hydrogen-bond donors (Lipinski definition) is 2. The highest BCUT2D eigenvalue weighted by Crippen LogP contribution is 2.58. The van der Waals surface area contributed by atoms with Crippen molar-refractivity contribution in [3.05, 3.63) is 113 Å². The van der Waals surface area contributed by atoms with Crippen LogP contribution in [0.3, 0.4) is 0 Å². The molecule has 0 amide bonds. The van der Waals surface area contributed by atoms with Gasteiger partial charge in [0.1, 0.15) is 0 Å². The quantitative estimate of drug-likeness (QED) is 0.586. The van der Waals surface area contributed by atoms with Gasteiger partial charge in [-0.3, -0.25) is 0 Å². The van der Waals surface area contributed by atoms with Crippen molar-refractivity contribution >= 4 is 16.9 Å².